The first-order valence-electron chi connectivity index (χ1n) is 8.04. The molecule has 4 atom stereocenters. The second-order valence-electron chi connectivity index (χ2n) is 7.03. The summed E-state index contributed by atoms with van der Waals surface area (Å²) in [5, 5.41) is 4.45. The molecule has 4 unspecified atom stereocenters. The molecule has 3 heterocycles. The molecule has 114 valence electrons. The summed E-state index contributed by atoms with van der Waals surface area (Å²) in [5.41, 5.74) is 0.603. The van der Waals surface area contributed by atoms with Crippen molar-refractivity contribution in [2.75, 3.05) is 6.61 Å². The molecule has 21 heavy (non-hydrogen) atoms. The predicted molar refractivity (Wildman–Crippen MR) is 79.2 cm³/mol. The van der Waals surface area contributed by atoms with Crippen LogP contribution in [0.1, 0.15) is 52.7 Å². The zero-order valence-corrected chi connectivity index (χ0v) is 13.0. The minimum absolute atomic E-state index is 0.0206. The molecule has 3 aliphatic rings. The lowest BCUT2D eigenvalue weighted by Crippen LogP contribution is -2.62. The van der Waals surface area contributed by atoms with E-state index < -0.39 is 0 Å². The number of rotatable bonds is 2. The summed E-state index contributed by atoms with van der Waals surface area (Å²) in [6.07, 6.45) is 6.21. The number of ether oxygens (including phenoxy) is 1. The van der Waals surface area contributed by atoms with Gasteiger partial charge < -0.3 is 14.0 Å². The third-order valence-corrected chi connectivity index (χ3v) is 5.78. The van der Waals surface area contributed by atoms with Gasteiger partial charge in [0.25, 0.3) is 0 Å². The van der Waals surface area contributed by atoms with Gasteiger partial charge >= 0.3 is 7.12 Å². The fraction of sp³-hybridized carbons (Fsp3) is 0.800. The van der Waals surface area contributed by atoms with Gasteiger partial charge in [0.2, 0.25) is 0 Å². The average molecular weight is 290 g/mol. The number of nitrogens with zero attached hydrogens (tertiary/aromatic N) is 2. The lowest BCUT2D eigenvalue weighted by molar-refractivity contribution is -0.154. The van der Waals surface area contributed by atoms with Crippen LogP contribution in [0, 0.1) is 5.92 Å². The van der Waals surface area contributed by atoms with Gasteiger partial charge in [-0.25, -0.2) is 4.68 Å². The summed E-state index contributed by atoms with van der Waals surface area (Å²) in [7, 11) is -0.335. The molecule has 1 aromatic rings. The maximum Gasteiger partial charge on any atom is 0.514 e. The molecule has 1 aromatic heterocycles. The highest BCUT2D eigenvalue weighted by molar-refractivity contribution is 6.61. The molecule has 3 fully saturated rings. The topological polar surface area (TPSA) is 45.5 Å². The van der Waals surface area contributed by atoms with E-state index in [1.165, 1.54) is 6.42 Å². The Labute approximate surface area is 126 Å². The summed E-state index contributed by atoms with van der Waals surface area (Å²) in [6.45, 7) is 7.36. The van der Waals surface area contributed by atoms with Crippen LogP contribution in [0.4, 0.5) is 0 Å². The number of hydrogen-bond acceptors (Lipinski definition) is 4. The van der Waals surface area contributed by atoms with Gasteiger partial charge in [-0.3, -0.25) is 0 Å². The molecule has 0 N–H and O–H groups in total. The smallest absolute Gasteiger partial charge is 0.398 e. The number of fused-ring (bicyclic) bond motifs is 1. The Kier molecular flexibility index (Phi) is 3.00. The highest BCUT2D eigenvalue weighted by Crippen LogP contribution is 2.56. The van der Waals surface area contributed by atoms with E-state index in [0.717, 1.165) is 31.5 Å². The van der Waals surface area contributed by atoms with Crippen molar-refractivity contribution < 1.29 is 14.0 Å². The van der Waals surface area contributed by atoms with Gasteiger partial charge in [0, 0.05) is 12.8 Å². The van der Waals surface area contributed by atoms with E-state index in [-0.39, 0.29) is 24.5 Å². The van der Waals surface area contributed by atoms with Gasteiger partial charge in [-0.2, -0.15) is 5.10 Å². The molecule has 1 saturated carbocycles. The predicted octanol–water partition coefficient (Wildman–Crippen LogP) is 1.88. The van der Waals surface area contributed by atoms with Crippen molar-refractivity contribution in [3.05, 3.63) is 12.3 Å². The highest BCUT2D eigenvalue weighted by atomic mass is 16.7. The summed E-state index contributed by atoms with van der Waals surface area (Å²) in [6, 6.07) is 1.99. The molecule has 5 nitrogen and oxygen atoms in total. The molecule has 4 rings (SSSR count). The average Bonchev–Trinajstić information content (AvgIpc) is 3.03. The van der Waals surface area contributed by atoms with E-state index >= 15 is 0 Å². The lowest BCUT2D eigenvalue weighted by atomic mass is 9.60. The van der Waals surface area contributed by atoms with Crippen molar-refractivity contribution in [3.63, 3.8) is 0 Å². The van der Waals surface area contributed by atoms with Crippen LogP contribution in [0.2, 0.25) is 0 Å². The Morgan fingerprint density at radius 3 is 2.86 bits per heavy atom. The van der Waals surface area contributed by atoms with Crippen molar-refractivity contribution in [1.29, 1.82) is 0 Å². The summed E-state index contributed by atoms with van der Waals surface area (Å²) in [5.74, 6) is 0.523. The van der Waals surface area contributed by atoms with Gasteiger partial charge in [0.15, 0.2) is 0 Å². The lowest BCUT2D eigenvalue weighted by Gasteiger charge is -2.54. The van der Waals surface area contributed by atoms with E-state index in [4.69, 9.17) is 14.0 Å². The molecule has 0 spiro atoms. The standard InChI is InChI=1S/C15H23BN2O3/c1-11-10-14(2)15(11,3)21-16(20-14)12-7-8-17-18(12)13-6-4-5-9-19-13/h7-8,11,13H,4-6,9-10H2,1-3H3. The minimum atomic E-state index is -0.335. The van der Waals surface area contributed by atoms with Gasteiger partial charge in [-0.15, -0.1) is 0 Å². The number of aromatic nitrogens is 2. The molecule has 1 aliphatic carbocycles. The van der Waals surface area contributed by atoms with Crippen LogP contribution in [-0.4, -0.2) is 34.7 Å². The third kappa shape index (κ3) is 1.85. The van der Waals surface area contributed by atoms with E-state index in [9.17, 15) is 0 Å². The van der Waals surface area contributed by atoms with Crippen LogP contribution in [-0.2, 0) is 14.0 Å². The zero-order valence-electron chi connectivity index (χ0n) is 13.0. The SMILES string of the molecule is CC1CC2(C)OB(c3ccnn3C3CCCCO3)OC12C. The van der Waals surface area contributed by atoms with E-state index in [2.05, 4.69) is 25.9 Å². The van der Waals surface area contributed by atoms with Crippen LogP contribution in [0.15, 0.2) is 12.3 Å². The normalized spacial score (nSPS) is 42.7. The fourth-order valence-corrected chi connectivity index (χ4v) is 4.05. The van der Waals surface area contributed by atoms with Gasteiger partial charge in [-0.05, 0) is 51.5 Å². The molecule has 0 radical (unpaired) electrons. The Hall–Kier alpha value is -0.845. The molecule has 0 aromatic carbocycles. The first-order valence-corrected chi connectivity index (χ1v) is 8.04. The Morgan fingerprint density at radius 1 is 1.33 bits per heavy atom. The number of hydrogen-bond donors (Lipinski definition) is 0. The Balaban J connectivity index is 1.60. The molecular formula is C15H23BN2O3. The van der Waals surface area contributed by atoms with E-state index in [1.54, 1.807) is 0 Å². The fourth-order valence-electron chi connectivity index (χ4n) is 4.05. The second kappa shape index (κ2) is 4.57. The minimum Gasteiger partial charge on any atom is -0.398 e. The van der Waals surface area contributed by atoms with Crippen molar-refractivity contribution in [1.82, 2.24) is 9.78 Å². The zero-order chi connectivity index (χ0) is 14.7. The van der Waals surface area contributed by atoms with Crippen LogP contribution >= 0.6 is 0 Å². The van der Waals surface area contributed by atoms with Crippen molar-refractivity contribution in [2.24, 2.45) is 5.92 Å². The van der Waals surface area contributed by atoms with Crippen LogP contribution < -0.4 is 5.59 Å². The third-order valence-electron chi connectivity index (χ3n) is 5.78. The van der Waals surface area contributed by atoms with Crippen LogP contribution in [0.25, 0.3) is 0 Å². The monoisotopic (exact) mass is 290 g/mol. The van der Waals surface area contributed by atoms with Gasteiger partial charge in [-0.1, -0.05) is 6.92 Å². The maximum absolute atomic E-state index is 6.30. The summed E-state index contributed by atoms with van der Waals surface area (Å²) >= 11 is 0. The quantitative estimate of drug-likeness (QED) is 0.780. The highest BCUT2D eigenvalue weighted by Gasteiger charge is 2.67. The Morgan fingerprint density at radius 2 is 2.19 bits per heavy atom. The molecule has 2 saturated heterocycles. The van der Waals surface area contributed by atoms with Gasteiger partial charge in [0.1, 0.15) is 6.23 Å². The van der Waals surface area contributed by atoms with Gasteiger partial charge in [0.05, 0.1) is 16.8 Å². The second-order valence-corrected chi connectivity index (χ2v) is 7.03. The largest absolute Gasteiger partial charge is 0.514 e. The molecule has 6 heteroatoms. The molecule has 2 aliphatic heterocycles. The summed E-state index contributed by atoms with van der Waals surface area (Å²) < 4.78 is 20.4. The van der Waals surface area contributed by atoms with Crippen molar-refractivity contribution in [2.45, 2.75) is 63.9 Å². The van der Waals surface area contributed by atoms with Crippen molar-refractivity contribution >= 4 is 12.7 Å². The van der Waals surface area contributed by atoms with E-state index in [0.29, 0.717) is 5.92 Å². The summed E-state index contributed by atoms with van der Waals surface area (Å²) in [4.78, 5) is 0. The Bertz CT molecular complexity index is 545. The van der Waals surface area contributed by atoms with Crippen LogP contribution in [0.3, 0.4) is 0 Å². The first-order chi connectivity index (χ1) is 10.0. The molecule has 0 amide bonds. The van der Waals surface area contributed by atoms with Crippen molar-refractivity contribution in [3.8, 4) is 0 Å². The maximum atomic E-state index is 6.30. The van der Waals surface area contributed by atoms with Crippen LogP contribution in [0.5, 0.6) is 0 Å². The van der Waals surface area contributed by atoms with E-state index in [1.807, 2.05) is 16.9 Å². The first kappa shape index (κ1) is 13.8. The molecular weight excluding hydrogens is 267 g/mol. The molecule has 0 bridgehead atoms.